The number of para-hydroxylation sites is 1. The molecule has 67 heavy (non-hydrogen) atoms. The van der Waals surface area contributed by atoms with Crippen molar-refractivity contribution < 1.29 is 0 Å². The van der Waals surface area contributed by atoms with Crippen LogP contribution in [0.5, 0.6) is 0 Å². The Bertz CT molecular complexity index is 3600. The first-order valence-corrected chi connectivity index (χ1v) is 22.9. The van der Waals surface area contributed by atoms with Crippen LogP contribution >= 0.6 is 11.3 Å². The van der Waals surface area contributed by atoms with E-state index in [1.165, 1.54) is 5.56 Å². The zero-order valence-corrected chi connectivity index (χ0v) is 36.5. The number of rotatable bonds is 8. The van der Waals surface area contributed by atoms with E-state index in [0.717, 1.165) is 70.9 Å². The molecule has 5 heterocycles. The molecule has 13 rings (SSSR count). The predicted octanol–water partition coefficient (Wildman–Crippen LogP) is 12.7. The summed E-state index contributed by atoms with van der Waals surface area (Å²) >= 11 is 1.59. The Balaban J connectivity index is 0.911. The standard InChI is InChI=1S/C56H36N10S/c1-5-18-35(19-6-1)49-57-50(36-20-7-2-8-21-36)60-55(59-49)65-44-29-15-13-26-40(44)43-34-39(32-33-46(43)65)53-63-64-54(67-53)42-28-17-31-47-48(42)41-27-14-16-30-45(41)66(47)56-61-51(37-22-9-3-10-23-37)58-52(62-56)38-24-11-4-12-25-38/h1-34,40,44H. The third-order valence-corrected chi connectivity index (χ3v) is 13.4. The van der Waals surface area contributed by atoms with Gasteiger partial charge in [0.2, 0.25) is 11.9 Å². The number of anilines is 2. The summed E-state index contributed by atoms with van der Waals surface area (Å²) in [4.78, 5) is 32.7. The zero-order valence-electron chi connectivity index (χ0n) is 35.7. The van der Waals surface area contributed by atoms with Gasteiger partial charge in [0.15, 0.2) is 23.3 Å². The summed E-state index contributed by atoms with van der Waals surface area (Å²) in [6.45, 7) is 0. The van der Waals surface area contributed by atoms with Crippen LogP contribution in [-0.2, 0) is 0 Å². The van der Waals surface area contributed by atoms with Crippen molar-refractivity contribution in [2.45, 2.75) is 12.0 Å². The van der Waals surface area contributed by atoms with Crippen molar-refractivity contribution in [1.29, 1.82) is 0 Å². The maximum atomic E-state index is 5.13. The third kappa shape index (κ3) is 6.71. The van der Waals surface area contributed by atoms with Crippen LogP contribution in [0.3, 0.4) is 0 Å². The Morgan fingerprint density at radius 3 is 1.55 bits per heavy atom. The molecule has 1 aliphatic carbocycles. The van der Waals surface area contributed by atoms with Crippen molar-refractivity contribution in [3.8, 4) is 72.6 Å². The SMILES string of the molecule is C1=CC2c3cc(-c4nnc(-c5cccc6c5c5ccccc5n6-c5nc(-c6ccccc6)nc(-c6ccccc6)n5)s4)ccc3N(c3nc(-c4ccccc4)nc(-c4ccccc4)n3)C2C=C1. The summed E-state index contributed by atoms with van der Waals surface area (Å²) in [7, 11) is 0. The fraction of sp³-hybridized carbons (Fsp3) is 0.0357. The lowest BCUT2D eigenvalue weighted by Crippen LogP contribution is -2.30. The molecular formula is C56H36N10S. The van der Waals surface area contributed by atoms with Gasteiger partial charge < -0.3 is 4.90 Å². The first-order chi connectivity index (χ1) is 33.2. The summed E-state index contributed by atoms with van der Waals surface area (Å²) in [6, 6.07) is 61.6. The molecule has 11 heteroatoms. The van der Waals surface area contributed by atoms with Crippen molar-refractivity contribution in [2.75, 3.05) is 4.90 Å². The predicted molar refractivity (Wildman–Crippen MR) is 267 cm³/mol. The highest BCUT2D eigenvalue weighted by atomic mass is 32.1. The average Bonchev–Trinajstić information content (AvgIpc) is 4.13. The maximum Gasteiger partial charge on any atom is 0.238 e. The lowest BCUT2D eigenvalue weighted by Gasteiger charge is -2.27. The minimum absolute atomic E-state index is 0.0262. The van der Waals surface area contributed by atoms with Crippen LogP contribution in [0.4, 0.5) is 11.6 Å². The Hall–Kier alpha value is -8.80. The number of nitrogens with zero attached hydrogens (tertiary/aromatic N) is 10. The van der Waals surface area contributed by atoms with Crippen molar-refractivity contribution in [3.63, 3.8) is 0 Å². The van der Waals surface area contributed by atoms with Crippen LogP contribution in [-0.4, -0.2) is 50.7 Å². The molecule has 0 amide bonds. The number of allylic oxidation sites excluding steroid dienone is 2. The second-order valence-electron chi connectivity index (χ2n) is 16.4. The second kappa shape index (κ2) is 16.0. The van der Waals surface area contributed by atoms with Crippen molar-refractivity contribution in [2.24, 2.45) is 0 Å². The maximum absolute atomic E-state index is 5.13. The van der Waals surface area contributed by atoms with Gasteiger partial charge in [0, 0.05) is 55.8 Å². The summed E-state index contributed by atoms with van der Waals surface area (Å²) in [6.07, 6.45) is 8.74. The highest BCUT2D eigenvalue weighted by Gasteiger charge is 2.39. The molecule has 316 valence electrons. The van der Waals surface area contributed by atoms with Crippen LogP contribution in [0.25, 0.3) is 94.4 Å². The zero-order chi connectivity index (χ0) is 44.3. The van der Waals surface area contributed by atoms with Gasteiger partial charge in [-0.05, 0) is 35.9 Å². The number of hydrogen-bond acceptors (Lipinski definition) is 10. The largest absolute Gasteiger partial charge is 0.302 e. The highest BCUT2D eigenvalue weighted by molar-refractivity contribution is 7.18. The molecule has 0 spiro atoms. The molecule has 4 aromatic heterocycles. The molecular weight excluding hydrogens is 845 g/mol. The third-order valence-electron chi connectivity index (χ3n) is 12.4. The van der Waals surface area contributed by atoms with E-state index in [1.807, 2.05) is 121 Å². The monoisotopic (exact) mass is 880 g/mol. The van der Waals surface area contributed by atoms with Crippen LogP contribution < -0.4 is 4.90 Å². The molecule has 0 radical (unpaired) electrons. The van der Waals surface area contributed by atoms with Gasteiger partial charge >= 0.3 is 0 Å². The fourth-order valence-electron chi connectivity index (χ4n) is 9.37. The topological polar surface area (TPSA) is 111 Å². The van der Waals surface area contributed by atoms with Gasteiger partial charge in [-0.1, -0.05) is 187 Å². The summed E-state index contributed by atoms with van der Waals surface area (Å²) in [5, 5.41) is 13.5. The van der Waals surface area contributed by atoms with Gasteiger partial charge in [0.05, 0.1) is 17.1 Å². The van der Waals surface area contributed by atoms with Crippen LogP contribution in [0.15, 0.2) is 206 Å². The number of fused-ring (bicyclic) bond motifs is 6. The van der Waals surface area contributed by atoms with Gasteiger partial charge in [-0.2, -0.15) is 19.9 Å². The average molecular weight is 881 g/mol. The van der Waals surface area contributed by atoms with E-state index in [9.17, 15) is 0 Å². The first kappa shape index (κ1) is 38.6. The van der Waals surface area contributed by atoms with Crippen molar-refractivity contribution in [3.05, 3.63) is 212 Å². The molecule has 1 aliphatic heterocycles. The van der Waals surface area contributed by atoms with Gasteiger partial charge in [-0.25, -0.2) is 9.97 Å². The minimum atomic E-state index is -0.0262. The van der Waals surface area contributed by atoms with E-state index in [2.05, 4.69) is 94.4 Å². The van der Waals surface area contributed by atoms with Crippen molar-refractivity contribution >= 4 is 44.8 Å². The molecule has 10 nitrogen and oxygen atoms in total. The number of aromatic nitrogens is 9. The second-order valence-corrected chi connectivity index (χ2v) is 17.4. The fourth-order valence-corrected chi connectivity index (χ4v) is 10.2. The summed E-state index contributed by atoms with van der Waals surface area (Å²) in [5.41, 5.74) is 9.85. The molecule has 2 unspecified atom stereocenters. The molecule has 0 bridgehead atoms. The van der Waals surface area contributed by atoms with Crippen LogP contribution in [0.2, 0.25) is 0 Å². The van der Waals surface area contributed by atoms with Crippen LogP contribution in [0.1, 0.15) is 11.5 Å². The Morgan fingerprint density at radius 1 is 0.418 bits per heavy atom. The Labute approximate surface area is 389 Å². The van der Waals surface area contributed by atoms with Gasteiger partial charge in [-0.15, -0.1) is 10.2 Å². The van der Waals surface area contributed by atoms with E-state index in [4.69, 9.17) is 40.1 Å². The van der Waals surface area contributed by atoms with E-state index in [1.54, 1.807) is 11.3 Å². The summed E-state index contributed by atoms with van der Waals surface area (Å²) in [5.74, 6) is 3.67. The van der Waals surface area contributed by atoms with Gasteiger partial charge in [0.1, 0.15) is 10.0 Å². The van der Waals surface area contributed by atoms with Gasteiger partial charge in [-0.3, -0.25) is 4.57 Å². The molecule has 0 saturated carbocycles. The Kier molecular flexibility index (Phi) is 9.24. The smallest absolute Gasteiger partial charge is 0.238 e. The quantitative estimate of drug-likeness (QED) is 0.147. The molecule has 7 aromatic carbocycles. The van der Waals surface area contributed by atoms with E-state index < -0.39 is 0 Å². The van der Waals surface area contributed by atoms with Gasteiger partial charge in [0.25, 0.3) is 0 Å². The van der Waals surface area contributed by atoms with E-state index in [-0.39, 0.29) is 12.0 Å². The Morgan fingerprint density at radius 2 is 0.940 bits per heavy atom. The molecule has 0 fully saturated rings. The van der Waals surface area contributed by atoms with Crippen molar-refractivity contribution in [1.82, 2.24) is 44.7 Å². The highest BCUT2D eigenvalue weighted by Crippen LogP contribution is 2.49. The molecule has 2 aliphatic rings. The molecule has 0 N–H and O–H groups in total. The lowest BCUT2D eigenvalue weighted by atomic mass is 9.91. The van der Waals surface area contributed by atoms with Crippen LogP contribution in [0, 0.1) is 0 Å². The molecule has 0 saturated heterocycles. The molecule has 2 atom stereocenters. The number of benzene rings is 7. The first-order valence-electron chi connectivity index (χ1n) is 22.1. The normalized spacial score (nSPS) is 15.0. The van der Waals surface area contributed by atoms with E-state index >= 15 is 0 Å². The lowest BCUT2D eigenvalue weighted by molar-refractivity contribution is 0.728. The number of hydrogen-bond donors (Lipinski definition) is 0. The molecule has 11 aromatic rings. The minimum Gasteiger partial charge on any atom is -0.302 e. The van der Waals surface area contributed by atoms with E-state index in [0.29, 0.717) is 35.2 Å². The summed E-state index contributed by atoms with van der Waals surface area (Å²) < 4.78 is 2.14.